The van der Waals surface area contributed by atoms with Gasteiger partial charge in [0.05, 0.1) is 12.7 Å². The van der Waals surface area contributed by atoms with E-state index in [-0.39, 0.29) is 11.8 Å². The molecule has 0 saturated carbocycles. The SMILES string of the molecule is COc1ccc(C(CNC(=O)c2cccnc2)c2ccccn2)cc1. The van der Waals surface area contributed by atoms with Crippen LogP contribution in [0.25, 0.3) is 0 Å². The average molecular weight is 333 g/mol. The van der Waals surface area contributed by atoms with E-state index in [2.05, 4.69) is 15.3 Å². The first kappa shape index (κ1) is 16.6. The van der Waals surface area contributed by atoms with Crippen molar-refractivity contribution in [3.05, 3.63) is 90.0 Å². The Kier molecular flexibility index (Phi) is 5.36. The van der Waals surface area contributed by atoms with Crippen LogP contribution in [-0.2, 0) is 0 Å². The summed E-state index contributed by atoms with van der Waals surface area (Å²) in [5.74, 6) is 0.596. The maximum Gasteiger partial charge on any atom is 0.252 e. The van der Waals surface area contributed by atoms with Crippen molar-refractivity contribution in [1.29, 1.82) is 0 Å². The van der Waals surface area contributed by atoms with Crippen LogP contribution in [0, 0.1) is 0 Å². The van der Waals surface area contributed by atoms with Crippen molar-refractivity contribution in [2.45, 2.75) is 5.92 Å². The fourth-order valence-corrected chi connectivity index (χ4v) is 2.61. The number of nitrogens with one attached hydrogen (secondary N) is 1. The highest BCUT2D eigenvalue weighted by Crippen LogP contribution is 2.24. The molecule has 3 aromatic rings. The lowest BCUT2D eigenvalue weighted by Gasteiger charge is -2.18. The highest BCUT2D eigenvalue weighted by Gasteiger charge is 2.17. The van der Waals surface area contributed by atoms with E-state index in [1.165, 1.54) is 0 Å². The van der Waals surface area contributed by atoms with Gasteiger partial charge >= 0.3 is 0 Å². The largest absolute Gasteiger partial charge is 0.497 e. The molecule has 0 aliphatic carbocycles. The van der Waals surface area contributed by atoms with Gasteiger partial charge < -0.3 is 10.1 Å². The Morgan fingerprint density at radius 1 is 1.08 bits per heavy atom. The molecule has 25 heavy (non-hydrogen) atoms. The van der Waals surface area contributed by atoms with Crippen molar-refractivity contribution in [3.8, 4) is 5.75 Å². The molecule has 0 spiro atoms. The van der Waals surface area contributed by atoms with Gasteiger partial charge in [-0.15, -0.1) is 0 Å². The summed E-state index contributed by atoms with van der Waals surface area (Å²) in [7, 11) is 1.64. The minimum absolute atomic E-state index is 0.0484. The first-order chi connectivity index (χ1) is 12.3. The standard InChI is InChI=1S/C20H19N3O2/c1-25-17-9-7-15(8-10-17)18(19-6-2-3-12-22-19)14-23-20(24)16-5-4-11-21-13-16/h2-13,18H,14H2,1H3,(H,23,24). The molecule has 0 fully saturated rings. The summed E-state index contributed by atoms with van der Waals surface area (Å²) in [6.45, 7) is 0.442. The lowest BCUT2D eigenvalue weighted by atomic mass is 9.95. The summed E-state index contributed by atoms with van der Waals surface area (Å²) in [4.78, 5) is 20.8. The number of amides is 1. The molecule has 5 heteroatoms. The van der Waals surface area contributed by atoms with Crippen molar-refractivity contribution in [3.63, 3.8) is 0 Å². The molecule has 1 atom stereocenters. The molecule has 1 aromatic carbocycles. The highest BCUT2D eigenvalue weighted by atomic mass is 16.5. The summed E-state index contributed by atoms with van der Waals surface area (Å²) in [6.07, 6.45) is 4.96. The van der Waals surface area contributed by atoms with E-state index >= 15 is 0 Å². The first-order valence-corrected chi connectivity index (χ1v) is 8.01. The van der Waals surface area contributed by atoms with Crippen LogP contribution >= 0.6 is 0 Å². The van der Waals surface area contributed by atoms with Crippen molar-refractivity contribution in [1.82, 2.24) is 15.3 Å². The molecule has 0 radical (unpaired) electrons. The molecule has 5 nitrogen and oxygen atoms in total. The van der Waals surface area contributed by atoms with E-state index < -0.39 is 0 Å². The summed E-state index contributed by atoms with van der Waals surface area (Å²) >= 11 is 0. The Morgan fingerprint density at radius 3 is 2.56 bits per heavy atom. The van der Waals surface area contributed by atoms with Gasteiger partial charge in [0.2, 0.25) is 0 Å². The van der Waals surface area contributed by atoms with E-state index in [1.807, 2.05) is 42.5 Å². The number of rotatable bonds is 6. The topological polar surface area (TPSA) is 64.1 Å². The van der Waals surface area contributed by atoms with Gasteiger partial charge in [-0.2, -0.15) is 0 Å². The molecule has 1 N–H and O–H groups in total. The van der Waals surface area contributed by atoms with Gasteiger partial charge in [-0.05, 0) is 42.0 Å². The second-order valence-electron chi connectivity index (χ2n) is 5.53. The summed E-state index contributed by atoms with van der Waals surface area (Å²) < 4.78 is 5.22. The summed E-state index contributed by atoms with van der Waals surface area (Å²) in [5, 5.41) is 2.97. The van der Waals surface area contributed by atoms with E-state index in [0.29, 0.717) is 12.1 Å². The zero-order chi connectivity index (χ0) is 17.5. The Labute approximate surface area is 146 Å². The van der Waals surface area contributed by atoms with Crippen molar-refractivity contribution < 1.29 is 9.53 Å². The molecule has 1 amide bonds. The number of hydrogen-bond acceptors (Lipinski definition) is 4. The maximum absolute atomic E-state index is 12.3. The number of carbonyl (C=O) groups excluding carboxylic acids is 1. The van der Waals surface area contributed by atoms with Crippen LogP contribution in [0.4, 0.5) is 0 Å². The van der Waals surface area contributed by atoms with Gasteiger partial charge in [0, 0.05) is 36.7 Å². The van der Waals surface area contributed by atoms with Crippen molar-refractivity contribution in [2.75, 3.05) is 13.7 Å². The van der Waals surface area contributed by atoms with Gasteiger partial charge in [-0.25, -0.2) is 0 Å². The predicted molar refractivity (Wildman–Crippen MR) is 95.6 cm³/mol. The maximum atomic E-state index is 12.3. The second-order valence-corrected chi connectivity index (χ2v) is 5.53. The van der Waals surface area contributed by atoms with Gasteiger partial charge in [-0.3, -0.25) is 14.8 Å². The van der Waals surface area contributed by atoms with Crippen LogP contribution in [0.2, 0.25) is 0 Å². The van der Waals surface area contributed by atoms with Crippen molar-refractivity contribution in [2.24, 2.45) is 0 Å². The normalized spacial score (nSPS) is 11.6. The minimum atomic E-state index is -0.150. The zero-order valence-electron chi connectivity index (χ0n) is 13.9. The number of ether oxygens (including phenoxy) is 1. The lowest BCUT2D eigenvalue weighted by Crippen LogP contribution is -2.29. The number of methoxy groups -OCH3 is 1. The van der Waals surface area contributed by atoms with E-state index in [9.17, 15) is 4.79 Å². The third-order valence-corrected chi connectivity index (χ3v) is 3.95. The molecule has 0 aliphatic rings. The number of pyridine rings is 2. The first-order valence-electron chi connectivity index (χ1n) is 8.01. The molecule has 0 saturated heterocycles. The number of hydrogen-bond donors (Lipinski definition) is 1. The van der Waals surface area contributed by atoms with Gasteiger partial charge in [-0.1, -0.05) is 18.2 Å². The fraction of sp³-hybridized carbons (Fsp3) is 0.150. The molecule has 1 unspecified atom stereocenters. The average Bonchev–Trinajstić information content (AvgIpc) is 2.70. The van der Waals surface area contributed by atoms with Gasteiger partial charge in [0.25, 0.3) is 5.91 Å². The predicted octanol–water partition coefficient (Wildman–Crippen LogP) is 3.05. The molecule has 126 valence electrons. The quantitative estimate of drug-likeness (QED) is 0.753. The Morgan fingerprint density at radius 2 is 1.92 bits per heavy atom. The van der Waals surface area contributed by atoms with E-state index in [0.717, 1.165) is 17.0 Å². The molecular formula is C20H19N3O2. The highest BCUT2D eigenvalue weighted by molar-refractivity contribution is 5.93. The number of carbonyl (C=O) groups is 1. The van der Waals surface area contributed by atoms with Crippen LogP contribution in [0.15, 0.2) is 73.2 Å². The molecule has 2 heterocycles. The number of nitrogens with zero attached hydrogens (tertiary/aromatic N) is 2. The van der Waals surface area contributed by atoms with Gasteiger partial charge in [0.1, 0.15) is 5.75 Å². The van der Waals surface area contributed by atoms with Crippen LogP contribution in [0.3, 0.4) is 0 Å². The van der Waals surface area contributed by atoms with Crippen molar-refractivity contribution >= 4 is 5.91 Å². The third-order valence-electron chi connectivity index (χ3n) is 3.95. The van der Waals surface area contributed by atoms with Gasteiger partial charge in [0.15, 0.2) is 0 Å². The Hall–Kier alpha value is -3.21. The van der Waals surface area contributed by atoms with Crippen LogP contribution in [0.1, 0.15) is 27.5 Å². The summed E-state index contributed by atoms with van der Waals surface area (Å²) in [6, 6.07) is 17.1. The van der Waals surface area contributed by atoms with Crippen LogP contribution < -0.4 is 10.1 Å². The Balaban J connectivity index is 1.80. The molecule has 2 aromatic heterocycles. The molecule has 0 bridgehead atoms. The number of benzene rings is 1. The molecular weight excluding hydrogens is 314 g/mol. The zero-order valence-corrected chi connectivity index (χ0v) is 13.9. The van der Waals surface area contributed by atoms with E-state index in [1.54, 1.807) is 37.8 Å². The number of aromatic nitrogens is 2. The summed E-state index contributed by atoms with van der Waals surface area (Å²) in [5.41, 5.74) is 2.50. The Bertz CT molecular complexity index is 805. The fourth-order valence-electron chi connectivity index (χ4n) is 2.61. The minimum Gasteiger partial charge on any atom is -0.497 e. The van der Waals surface area contributed by atoms with Crippen LogP contribution in [-0.4, -0.2) is 29.5 Å². The monoisotopic (exact) mass is 333 g/mol. The molecule has 3 rings (SSSR count). The smallest absolute Gasteiger partial charge is 0.252 e. The molecule has 0 aliphatic heterocycles. The van der Waals surface area contributed by atoms with E-state index in [4.69, 9.17) is 4.74 Å². The third kappa shape index (κ3) is 4.20. The second kappa shape index (κ2) is 8.06. The van der Waals surface area contributed by atoms with Crippen LogP contribution in [0.5, 0.6) is 5.75 Å². The lowest BCUT2D eigenvalue weighted by molar-refractivity contribution is 0.0952.